The molecule has 28 heavy (non-hydrogen) atoms. The Morgan fingerprint density at radius 3 is 2.89 bits per heavy atom. The summed E-state index contributed by atoms with van der Waals surface area (Å²) in [6, 6.07) is -0.940. The van der Waals surface area contributed by atoms with E-state index in [2.05, 4.69) is 15.5 Å². The number of thioether (sulfide) groups is 1. The minimum absolute atomic E-state index is 0.0158. The summed E-state index contributed by atoms with van der Waals surface area (Å²) in [4.78, 5) is 48.7. The Labute approximate surface area is 161 Å². The normalized spacial score (nSPS) is 25.4. The van der Waals surface area contributed by atoms with E-state index in [0.717, 1.165) is 0 Å². The van der Waals surface area contributed by atoms with Crippen LogP contribution in [0.4, 0.5) is 4.79 Å². The maximum Gasteiger partial charge on any atom is 0.512 e. The molecule has 0 spiro atoms. The Morgan fingerprint density at radius 2 is 2.21 bits per heavy atom. The molecule has 148 valence electrons. The number of carbonyl (C=O) groups is 4. The minimum Gasteiger partial charge on any atom is -0.449 e. The summed E-state index contributed by atoms with van der Waals surface area (Å²) in [5, 5.41) is 20.4. The number of hydrogen-bond donors (Lipinski definition) is 2. The number of primary amides is 1. The second-order valence-electron chi connectivity index (χ2n) is 6.45. The number of nitrogens with zero attached hydrogens (tertiary/aromatic N) is 6. The second kappa shape index (κ2) is 6.78. The number of likely N-dealkylation sites (tertiary alicyclic amines) is 1. The number of rotatable bonds is 7. The molecule has 0 radical (unpaired) electrons. The van der Waals surface area contributed by atoms with Crippen LogP contribution in [-0.4, -0.2) is 83.9 Å². The van der Waals surface area contributed by atoms with Gasteiger partial charge in [0.25, 0.3) is 5.91 Å². The van der Waals surface area contributed by atoms with E-state index in [4.69, 9.17) is 15.6 Å². The van der Waals surface area contributed by atoms with Crippen molar-refractivity contribution in [3.63, 3.8) is 0 Å². The van der Waals surface area contributed by atoms with Gasteiger partial charge in [-0.3, -0.25) is 19.3 Å². The SMILES string of the molecule is NC(=O)Cn1nnnc1SCC1=C(OC(=O)O)N2C(=O)[C@@H]3[C@H]2C1CCN3C=O. The lowest BCUT2D eigenvalue weighted by atomic mass is 9.79. The summed E-state index contributed by atoms with van der Waals surface area (Å²) >= 11 is 1.18. The number of β-lactam (4-membered cyclic amide) rings is 1. The molecule has 3 amide bonds. The van der Waals surface area contributed by atoms with E-state index in [1.54, 1.807) is 0 Å². The number of aromatic nitrogens is 4. The smallest absolute Gasteiger partial charge is 0.449 e. The number of ether oxygens (including phenoxy) is 1. The molecule has 1 aromatic heterocycles. The van der Waals surface area contributed by atoms with Gasteiger partial charge in [-0.2, -0.15) is 0 Å². The summed E-state index contributed by atoms with van der Waals surface area (Å²) in [5.74, 6) is -0.876. The number of amides is 3. The molecule has 14 heteroatoms. The standard InChI is InChI=1S/C14H15N7O6S/c15-8(23)3-20-13(16-17-18-20)28-4-7-6-1-2-19(5-22)10-9(6)21(11(10)24)12(7)27-14(25)26/h5-6,9-10H,1-4H2,(H2,15,23)(H,25,26)/t6?,9-,10+/m1/s1. The third-order valence-electron chi connectivity index (χ3n) is 5.00. The van der Waals surface area contributed by atoms with Gasteiger partial charge in [0.2, 0.25) is 23.4 Å². The Kier molecular flexibility index (Phi) is 4.41. The molecule has 2 fully saturated rings. The monoisotopic (exact) mass is 409 g/mol. The minimum atomic E-state index is -1.53. The van der Waals surface area contributed by atoms with E-state index in [1.165, 1.54) is 26.2 Å². The lowest BCUT2D eigenvalue weighted by Gasteiger charge is -2.52. The first-order chi connectivity index (χ1) is 13.4. The van der Waals surface area contributed by atoms with Crippen LogP contribution < -0.4 is 5.73 Å². The van der Waals surface area contributed by atoms with E-state index in [9.17, 15) is 19.2 Å². The van der Waals surface area contributed by atoms with Crippen molar-refractivity contribution in [2.45, 2.75) is 30.2 Å². The van der Waals surface area contributed by atoms with Gasteiger partial charge < -0.3 is 20.5 Å². The van der Waals surface area contributed by atoms with Crippen LogP contribution in [0, 0.1) is 5.92 Å². The van der Waals surface area contributed by atoms with Gasteiger partial charge in [-0.1, -0.05) is 11.8 Å². The zero-order chi connectivity index (χ0) is 20.0. The number of nitrogens with two attached hydrogens (primary N) is 1. The van der Waals surface area contributed by atoms with Crippen LogP contribution in [0.25, 0.3) is 0 Å². The number of hydrogen-bond acceptors (Lipinski definition) is 9. The lowest BCUT2D eigenvalue weighted by Crippen LogP contribution is -2.72. The van der Waals surface area contributed by atoms with Crippen molar-refractivity contribution >= 4 is 36.1 Å². The first-order valence-electron chi connectivity index (χ1n) is 8.27. The molecular formula is C14H15N7O6S. The van der Waals surface area contributed by atoms with E-state index in [0.29, 0.717) is 30.1 Å². The van der Waals surface area contributed by atoms with E-state index < -0.39 is 18.1 Å². The molecule has 3 atom stereocenters. The summed E-state index contributed by atoms with van der Waals surface area (Å²) in [6.07, 6.45) is -0.324. The number of piperidine rings is 1. The van der Waals surface area contributed by atoms with E-state index >= 15 is 0 Å². The quantitative estimate of drug-likeness (QED) is 0.227. The molecule has 3 aliphatic rings. The molecule has 1 aromatic rings. The second-order valence-corrected chi connectivity index (χ2v) is 7.40. The fourth-order valence-corrected chi connectivity index (χ4v) is 4.90. The topological polar surface area (TPSA) is 174 Å². The van der Waals surface area contributed by atoms with Crippen molar-refractivity contribution in [1.29, 1.82) is 0 Å². The van der Waals surface area contributed by atoms with Gasteiger partial charge in [-0.05, 0) is 16.8 Å². The fraction of sp³-hybridized carbons (Fsp3) is 0.500. The van der Waals surface area contributed by atoms with Gasteiger partial charge in [0.05, 0.1) is 6.04 Å². The molecule has 13 nitrogen and oxygen atoms in total. The molecule has 0 saturated carbocycles. The average molecular weight is 409 g/mol. The highest BCUT2D eigenvalue weighted by atomic mass is 32.2. The van der Waals surface area contributed by atoms with Crippen LogP contribution in [0.3, 0.4) is 0 Å². The van der Waals surface area contributed by atoms with Gasteiger partial charge in [0, 0.05) is 23.8 Å². The molecule has 1 unspecified atom stereocenters. The predicted octanol–water partition coefficient (Wildman–Crippen LogP) is -1.77. The van der Waals surface area contributed by atoms with Crippen LogP contribution in [-0.2, 0) is 25.7 Å². The van der Waals surface area contributed by atoms with Gasteiger partial charge >= 0.3 is 6.16 Å². The summed E-state index contributed by atoms with van der Waals surface area (Å²) < 4.78 is 6.15. The summed E-state index contributed by atoms with van der Waals surface area (Å²) in [5.41, 5.74) is 5.80. The van der Waals surface area contributed by atoms with Crippen LogP contribution in [0.5, 0.6) is 0 Å². The van der Waals surface area contributed by atoms with Crippen molar-refractivity contribution in [2.75, 3.05) is 12.3 Å². The molecular weight excluding hydrogens is 394 g/mol. The third kappa shape index (κ3) is 2.76. The highest BCUT2D eigenvalue weighted by Crippen LogP contribution is 2.49. The van der Waals surface area contributed by atoms with Gasteiger partial charge in [-0.15, -0.1) is 5.10 Å². The van der Waals surface area contributed by atoms with Gasteiger partial charge in [0.15, 0.2) is 0 Å². The molecule has 4 rings (SSSR count). The maximum absolute atomic E-state index is 12.5. The van der Waals surface area contributed by atoms with Crippen molar-refractivity contribution in [1.82, 2.24) is 30.0 Å². The largest absolute Gasteiger partial charge is 0.512 e. The third-order valence-corrected chi connectivity index (χ3v) is 6.01. The highest BCUT2D eigenvalue weighted by molar-refractivity contribution is 7.99. The number of tetrazole rings is 1. The zero-order valence-corrected chi connectivity index (χ0v) is 15.1. The van der Waals surface area contributed by atoms with E-state index in [-0.39, 0.29) is 36.0 Å². The van der Waals surface area contributed by atoms with Gasteiger partial charge in [-0.25, -0.2) is 9.48 Å². The van der Waals surface area contributed by atoms with Gasteiger partial charge in [0.1, 0.15) is 12.6 Å². The molecule has 0 aliphatic carbocycles. The molecule has 3 aliphatic heterocycles. The van der Waals surface area contributed by atoms with Crippen LogP contribution in [0.2, 0.25) is 0 Å². The van der Waals surface area contributed by atoms with E-state index in [1.807, 2.05) is 0 Å². The zero-order valence-electron chi connectivity index (χ0n) is 14.3. The Hall–Kier alpha value is -3.16. The van der Waals surface area contributed by atoms with Crippen LogP contribution >= 0.6 is 11.8 Å². The predicted molar refractivity (Wildman–Crippen MR) is 89.2 cm³/mol. The molecule has 0 bridgehead atoms. The number of carbonyl (C=O) groups excluding carboxylic acids is 3. The molecule has 0 aromatic carbocycles. The molecule has 3 N–H and O–H groups in total. The lowest BCUT2D eigenvalue weighted by molar-refractivity contribution is -0.166. The first-order valence-corrected chi connectivity index (χ1v) is 9.26. The number of carboxylic acid groups (broad SMARTS) is 1. The Balaban J connectivity index is 1.59. The van der Waals surface area contributed by atoms with Crippen molar-refractivity contribution in [3.8, 4) is 0 Å². The Bertz CT molecular complexity index is 900. The Morgan fingerprint density at radius 1 is 1.43 bits per heavy atom. The maximum atomic E-state index is 12.5. The van der Waals surface area contributed by atoms with Crippen molar-refractivity contribution in [3.05, 3.63) is 11.5 Å². The van der Waals surface area contributed by atoms with Crippen molar-refractivity contribution < 1.29 is 29.0 Å². The summed E-state index contributed by atoms with van der Waals surface area (Å²) in [6.45, 7) is 0.197. The molecule has 2 saturated heterocycles. The van der Waals surface area contributed by atoms with Crippen molar-refractivity contribution in [2.24, 2.45) is 11.7 Å². The fourth-order valence-electron chi connectivity index (χ4n) is 3.93. The van der Waals surface area contributed by atoms with Crippen LogP contribution in [0.1, 0.15) is 6.42 Å². The first kappa shape index (κ1) is 18.2. The van der Waals surface area contributed by atoms with Crippen LogP contribution in [0.15, 0.2) is 16.6 Å². The molecule has 4 heterocycles. The summed E-state index contributed by atoms with van der Waals surface area (Å²) in [7, 11) is 0. The highest BCUT2D eigenvalue weighted by Gasteiger charge is 2.63. The average Bonchev–Trinajstić information content (AvgIpc) is 3.18.